The maximum absolute atomic E-state index is 11.5. The number of rotatable bonds is 5. The molecule has 94 valence electrons. The predicted molar refractivity (Wildman–Crippen MR) is 62.5 cm³/mol. The van der Waals surface area contributed by atoms with Gasteiger partial charge in [-0.1, -0.05) is 19.8 Å². The molecule has 4 heteroatoms. The average Bonchev–Trinajstić information content (AvgIpc) is 2.21. The van der Waals surface area contributed by atoms with Crippen molar-refractivity contribution in [2.24, 2.45) is 5.92 Å². The number of aliphatic carboxylic acids is 1. The Kier molecular flexibility index (Phi) is 4.74. The molecule has 1 aliphatic carbocycles. The summed E-state index contributed by atoms with van der Waals surface area (Å²) in [6, 6.07) is 0.0710. The molecule has 3 unspecified atom stereocenters. The molecule has 0 aromatic heterocycles. The number of hydrogen-bond donors (Lipinski definition) is 2. The van der Waals surface area contributed by atoms with E-state index in [1.807, 2.05) is 13.8 Å². The number of hydrogen-bond acceptors (Lipinski definition) is 3. The molecule has 0 spiro atoms. The van der Waals surface area contributed by atoms with Gasteiger partial charge in [0.25, 0.3) is 0 Å². The summed E-state index contributed by atoms with van der Waals surface area (Å²) in [7, 11) is 1.63. The van der Waals surface area contributed by atoms with Gasteiger partial charge in [-0.05, 0) is 25.7 Å². The van der Waals surface area contributed by atoms with Crippen LogP contribution in [-0.4, -0.2) is 36.4 Å². The molecule has 4 nitrogen and oxygen atoms in total. The molecule has 0 amide bonds. The van der Waals surface area contributed by atoms with Crippen molar-refractivity contribution in [3.05, 3.63) is 0 Å². The Balaban J connectivity index is 2.75. The normalized spacial score (nSPS) is 32.3. The first-order valence-corrected chi connectivity index (χ1v) is 6.03. The average molecular weight is 229 g/mol. The quantitative estimate of drug-likeness (QED) is 0.752. The van der Waals surface area contributed by atoms with E-state index in [-0.39, 0.29) is 12.0 Å². The summed E-state index contributed by atoms with van der Waals surface area (Å²) < 4.78 is 5.05. The van der Waals surface area contributed by atoms with Crippen LogP contribution in [0.4, 0.5) is 0 Å². The highest BCUT2D eigenvalue weighted by atomic mass is 16.5. The minimum absolute atomic E-state index is 0.0710. The maximum atomic E-state index is 11.5. The summed E-state index contributed by atoms with van der Waals surface area (Å²) in [5, 5.41) is 12.7. The largest absolute Gasteiger partial charge is 0.480 e. The molecule has 1 aliphatic rings. The minimum Gasteiger partial charge on any atom is -0.480 e. The van der Waals surface area contributed by atoms with Crippen LogP contribution in [0.15, 0.2) is 0 Å². The number of carboxylic acids is 1. The third-order valence-electron chi connectivity index (χ3n) is 3.60. The van der Waals surface area contributed by atoms with Crippen LogP contribution in [0, 0.1) is 5.92 Å². The van der Waals surface area contributed by atoms with E-state index in [1.54, 1.807) is 7.11 Å². The zero-order chi connectivity index (χ0) is 12.2. The molecule has 0 saturated heterocycles. The maximum Gasteiger partial charge on any atom is 0.324 e. The Morgan fingerprint density at radius 2 is 2.31 bits per heavy atom. The Bertz CT molecular complexity index is 244. The molecular weight excluding hydrogens is 206 g/mol. The van der Waals surface area contributed by atoms with Crippen molar-refractivity contribution < 1.29 is 14.6 Å². The topological polar surface area (TPSA) is 58.6 Å². The molecule has 0 aromatic rings. The van der Waals surface area contributed by atoms with Gasteiger partial charge in [0, 0.05) is 13.2 Å². The molecule has 0 radical (unpaired) electrons. The molecule has 1 saturated carbocycles. The smallest absolute Gasteiger partial charge is 0.324 e. The van der Waals surface area contributed by atoms with Crippen molar-refractivity contribution >= 4 is 5.97 Å². The standard InChI is InChI=1S/C12H23NO3/c1-9-6-4-5-7-12(9,11(14)15)13-10(2)8-16-3/h9-10,13H,4-8H2,1-3H3,(H,14,15). The van der Waals surface area contributed by atoms with Crippen molar-refractivity contribution in [3.63, 3.8) is 0 Å². The molecule has 3 atom stereocenters. The lowest BCUT2D eigenvalue weighted by Gasteiger charge is -2.41. The lowest BCUT2D eigenvalue weighted by Crippen LogP contribution is -2.61. The molecule has 1 fully saturated rings. The van der Waals surface area contributed by atoms with Gasteiger partial charge in [0.15, 0.2) is 0 Å². The summed E-state index contributed by atoms with van der Waals surface area (Å²) >= 11 is 0. The van der Waals surface area contributed by atoms with E-state index in [1.165, 1.54) is 0 Å². The van der Waals surface area contributed by atoms with E-state index in [0.717, 1.165) is 25.7 Å². The third kappa shape index (κ3) is 2.74. The molecule has 0 heterocycles. The second kappa shape index (κ2) is 5.64. The summed E-state index contributed by atoms with van der Waals surface area (Å²) in [5.74, 6) is -0.541. The fourth-order valence-corrected chi connectivity index (χ4v) is 2.67. The second-order valence-corrected chi connectivity index (χ2v) is 4.92. The van der Waals surface area contributed by atoms with E-state index >= 15 is 0 Å². The molecule has 0 aliphatic heterocycles. The Labute approximate surface area is 97.4 Å². The summed E-state index contributed by atoms with van der Waals surface area (Å²) in [6.45, 7) is 4.54. The lowest BCUT2D eigenvalue weighted by atomic mass is 9.73. The van der Waals surface area contributed by atoms with Crippen LogP contribution in [0.1, 0.15) is 39.5 Å². The van der Waals surface area contributed by atoms with Crippen LogP contribution >= 0.6 is 0 Å². The van der Waals surface area contributed by atoms with E-state index in [4.69, 9.17) is 4.74 Å². The Hall–Kier alpha value is -0.610. The molecular formula is C12H23NO3. The van der Waals surface area contributed by atoms with Crippen LogP contribution < -0.4 is 5.32 Å². The highest BCUT2D eigenvalue weighted by molar-refractivity contribution is 5.79. The van der Waals surface area contributed by atoms with Gasteiger partial charge in [0.1, 0.15) is 5.54 Å². The fraction of sp³-hybridized carbons (Fsp3) is 0.917. The number of nitrogens with one attached hydrogen (secondary N) is 1. The van der Waals surface area contributed by atoms with E-state index in [9.17, 15) is 9.90 Å². The molecule has 16 heavy (non-hydrogen) atoms. The van der Waals surface area contributed by atoms with Crippen LogP contribution in [0.2, 0.25) is 0 Å². The minimum atomic E-state index is -0.754. The first-order valence-electron chi connectivity index (χ1n) is 6.03. The molecule has 0 aromatic carbocycles. The third-order valence-corrected chi connectivity index (χ3v) is 3.60. The van der Waals surface area contributed by atoms with Crippen molar-refractivity contribution in [3.8, 4) is 0 Å². The zero-order valence-corrected chi connectivity index (χ0v) is 10.5. The van der Waals surface area contributed by atoms with Crippen LogP contribution in [0.3, 0.4) is 0 Å². The molecule has 2 N–H and O–H groups in total. The second-order valence-electron chi connectivity index (χ2n) is 4.92. The van der Waals surface area contributed by atoms with E-state index < -0.39 is 11.5 Å². The molecule has 1 rings (SSSR count). The van der Waals surface area contributed by atoms with Crippen LogP contribution in [0.5, 0.6) is 0 Å². The summed E-state index contributed by atoms with van der Waals surface area (Å²) in [5.41, 5.74) is -0.754. The lowest BCUT2D eigenvalue weighted by molar-refractivity contribution is -0.149. The highest BCUT2D eigenvalue weighted by Gasteiger charge is 2.45. The number of methoxy groups -OCH3 is 1. The van der Waals surface area contributed by atoms with Crippen molar-refractivity contribution in [2.45, 2.75) is 51.1 Å². The first kappa shape index (κ1) is 13.5. The van der Waals surface area contributed by atoms with Gasteiger partial charge in [0.05, 0.1) is 6.61 Å². The predicted octanol–water partition coefficient (Wildman–Crippen LogP) is 1.64. The van der Waals surface area contributed by atoms with Crippen LogP contribution in [-0.2, 0) is 9.53 Å². The Morgan fingerprint density at radius 1 is 1.62 bits per heavy atom. The van der Waals surface area contributed by atoms with Gasteiger partial charge in [-0.2, -0.15) is 0 Å². The fourth-order valence-electron chi connectivity index (χ4n) is 2.67. The van der Waals surface area contributed by atoms with Crippen molar-refractivity contribution in [1.82, 2.24) is 5.32 Å². The zero-order valence-electron chi connectivity index (χ0n) is 10.5. The van der Waals surface area contributed by atoms with Gasteiger partial charge in [-0.15, -0.1) is 0 Å². The van der Waals surface area contributed by atoms with Gasteiger partial charge in [0.2, 0.25) is 0 Å². The van der Waals surface area contributed by atoms with E-state index in [0.29, 0.717) is 6.61 Å². The number of carbonyl (C=O) groups is 1. The van der Waals surface area contributed by atoms with Gasteiger partial charge >= 0.3 is 5.97 Å². The monoisotopic (exact) mass is 229 g/mol. The number of ether oxygens (including phenoxy) is 1. The van der Waals surface area contributed by atoms with Gasteiger partial charge in [-0.3, -0.25) is 10.1 Å². The summed E-state index contributed by atoms with van der Waals surface area (Å²) in [4.78, 5) is 11.5. The van der Waals surface area contributed by atoms with Crippen molar-refractivity contribution in [2.75, 3.05) is 13.7 Å². The molecule has 0 bridgehead atoms. The highest BCUT2D eigenvalue weighted by Crippen LogP contribution is 2.34. The summed E-state index contributed by atoms with van der Waals surface area (Å²) in [6.07, 6.45) is 3.83. The SMILES string of the molecule is COCC(C)NC1(C(=O)O)CCCCC1C. The van der Waals surface area contributed by atoms with Crippen LogP contribution in [0.25, 0.3) is 0 Å². The van der Waals surface area contributed by atoms with Gasteiger partial charge in [-0.25, -0.2) is 0 Å². The Morgan fingerprint density at radius 3 is 2.81 bits per heavy atom. The van der Waals surface area contributed by atoms with Gasteiger partial charge < -0.3 is 9.84 Å². The van der Waals surface area contributed by atoms with Crippen molar-refractivity contribution in [1.29, 1.82) is 0 Å². The first-order chi connectivity index (χ1) is 7.53. The van der Waals surface area contributed by atoms with E-state index in [2.05, 4.69) is 5.32 Å². The number of carboxylic acid groups (broad SMARTS) is 1.